The Balaban J connectivity index is 1.45. The van der Waals surface area contributed by atoms with Crippen LogP contribution in [0, 0.1) is 22.6 Å². The summed E-state index contributed by atoms with van der Waals surface area (Å²) in [6.45, 7) is 2.03. The van der Waals surface area contributed by atoms with Crippen molar-refractivity contribution in [3.8, 4) is 11.8 Å². The van der Waals surface area contributed by atoms with Crippen LogP contribution in [-0.4, -0.2) is 53.2 Å². The fourth-order valence-electron chi connectivity index (χ4n) is 4.05. The van der Waals surface area contributed by atoms with E-state index in [-0.39, 0.29) is 29.9 Å². The Morgan fingerprint density at radius 1 is 1.32 bits per heavy atom. The molecule has 2 atom stereocenters. The number of ether oxygens (including phenoxy) is 1. The second kappa shape index (κ2) is 10.6. The summed E-state index contributed by atoms with van der Waals surface area (Å²) in [5, 5.41) is 15.8. The van der Waals surface area contributed by atoms with Gasteiger partial charge in [0.15, 0.2) is 0 Å². The summed E-state index contributed by atoms with van der Waals surface area (Å²) in [5.41, 5.74) is -0.601. The van der Waals surface area contributed by atoms with E-state index in [1.165, 1.54) is 12.1 Å². The molecule has 2 aliphatic heterocycles. The van der Waals surface area contributed by atoms with Crippen molar-refractivity contribution in [2.24, 2.45) is 5.41 Å². The van der Waals surface area contributed by atoms with Gasteiger partial charge in [0.25, 0.3) is 0 Å². The molecule has 2 aromatic carbocycles. The standard InChI is InChI=1S/C23H23Cl2FN4O3S/c24-16-4-6-21(18(25)8-16)34(32)30-12-23(13-30,11-29-22(31)20-2-1-7-28-20)14-33-17-5-3-15(10-27)19(26)9-17/h3-6,8-9,20,28H,1-2,7,11-14H2,(H,29,31). The van der Waals surface area contributed by atoms with Gasteiger partial charge in [-0.2, -0.15) is 5.26 Å². The topological polar surface area (TPSA) is 94.5 Å². The zero-order valence-corrected chi connectivity index (χ0v) is 20.5. The molecule has 4 rings (SSSR count). The largest absolute Gasteiger partial charge is 0.493 e. The van der Waals surface area contributed by atoms with Gasteiger partial charge in [-0.25, -0.2) is 12.9 Å². The number of benzene rings is 2. The molecule has 0 saturated carbocycles. The molecule has 180 valence electrons. The normalized spacial score (nSPS) is 20.2. The monoisotopic (exact) mass is 524 g/mol. The number of halogens is 3. The third kappa shape index (κ3) is 5.53. The highest BCUT2D eigenvalue weighted by atomic mass is 35.5. The first-order chi connectivity index (χ1) is 16.3. The summed E-state index contributed by atoms with van der Waals surface area (Å²) in [7, 11) is -1.51. The van der Waals surface area contributed by atoms with Gasteiger partial charge in [0.1, 0.15) is 28.6 Å². The van der Waals surface area contributed by atoms with Crippen molar-refractivity contribution in [2.45, 2.75) is 23.8 Å². The lowest BCUT2D eigenvalue weighted by Crippen LogP contribution is -2.64. The van der Waals surface area contributed by atoms with Crippen LogP contribution in [0.1, 0.15) is 18.4 Å². The molecule has 2 aromatic rings. The van der Waals surface area contributed by atoms with E-state index in [0.717, 1.165) is 25.5 Å². The van der Waals surface area contributed by atoms with E-state index in [2.05, 4.69) is 10.6 Å². The molecule has 0 radical (unpaired) electrons. The fraction of sp³-hybridized carbons (Fsp3) is 0.391. The van der Waals surface area contributed by atoms with E-state index >= 15 is 0 Å². The first-order valence-electron chi connectivity index (χ1n) is 10.8. The molecule has 2 heterocycles. The second-order valence-corrected chi connectivity index (χ2v) is 10.8. The molecule has 2 N–H and O–H groups in total. The molecule has 2 saturated heterocycles. The number of amides is 1. The van der Waals surface area contributed by atoms with Crippen molar-refractivity contribution in [3.05, 3.63) is 57.8 Å². The summed E-state index contributed by atoms with van der Waals surface area (Å²) >= 11 is 12.2. The Morgan fingerprint density at radius 2 is 2.12 bits per heavy atom. The highest BCUT2D eigenvalue weighted by Gasteiger charge is 2.47. The van der Waals surface area contributed by atoms with Crippen LogP contribution in [0.3, 0.4) is 0 Å². The maximum Gasteiger partial charge on any atom is 0.237 e. The summed E-state index contributed by atoms with van der Waals surface area (Å²) in [4.78, 5) is 13.0. The number of carbonyl (C=O) groups excluding carboxylic acids is 1. The summed E-state index contributed by atoms with van der Waals surface area (Å²) in [6.07, 6.45) is 1.73. The fourth-order valence-corrected chi connectivity index (χ4v) is 6.13. The lowest BCUT2D eigenvalue weighted by Gasteiger charge is -2.48. The van der Waals surface area contributed by atoms with Crippen LogP contribution in [0.15, 0.2) is 41.3 Å². The molecule has 0 bridgehead atoms. The minimum atomic E-state index is -1.51. The number of nitrogens with zero attached hydrogens (tertiary/aromatic N) is 2. The maximum absolute atomic E-state index is 14.0. The van der Waals surface area contributed by atoms with Gasteiger partial charge in [0, 0.05) is 36.1 Å². The molecular weight excluding hydrogens is 502 g/mol. The zero-order chi connectivity index (χ0) is 24.3. The highest BCUT2D eigenvalue weighted by Crippen LogP contribution is 2.36. The molecule has 0 aromatic heterocycles. The van der Waals surface area contributed by atoms with Gasteiger partial charge in [-0.3, -0.25) is 4.79 Å². The Morgan fingerprint density at radius 3 is 2.76 bits per heavy atom. The minimum absolute atomic E-state index is 0.0663. The predicted molar refractivity (Wildman–Crippen MR) is 128 cm³/mol. The van der Waals surface area contributed by atoms with Gasteiger partial charge in [-0.15, -0.1) is 0 Å². The van der Waals surface area contributed by atoms with Crippen molar-refractivity contribution < 1.29 is 18.1 Å². The molecule has 11 heteroatoms. The van der Waals surface area contributed by atoms with Gasteiger partial charge < -0.3 is 15.4 Å². The van der Waals surface area contributed by atoms with Gasteiger partial charge in [-0.1, -0.05) is 23.2 Å². The highest BCUT2D eigenvalue weighted by molar-refractivity contribution is 7.82. The van der Waals surface area contributed by atoms with Crippen LogP contribution in [0.5, 0.6) is 5.75 Å². The number of hydrogen-bond acceptors (Lipinski definition) is 5. The lowest BCUT2D eigenvalue weighted by atomic mass is 9.82. The first-order valence-corrected chi connectivity index (χ1v) is 12.6. The number of hydrogen-bond donors (Lipinski definition) is 2. The number of nitriles is 1. The zero-order valence-electron chi connectivity index (χ0n) is 18.2. The summed E-state index contributed by atoms with van der Waals surface area (Å²) in [5.74, 6) is -0.468. The van der Waals surface area contributed by atoms with Gasteiger partial charge in [0.2, 0.25) is 5.91 Å². The molecule has 2 fully saturated rings. The van der Waals surface area contributed by atoms with Crippen LogP contribution >= 0.6 is 23.2 Å². The van der Waals surface area contributed by atoms with Gasteiger partial charge in [0.05, 0.1) is 28.1 Å². The number of carbonyl (C=O) groups is 1. The lowest BCUT2D eigenvalue weighted by molar-refractivity contribution is -0.124. The molecule has 34 heavy (non-hydrogen) atoms. The Bertz CT molecular complexity index is 1150. The van der Waals surface area contributed by atoms with Crippen LogP contribution in [0.4, 0.5) is 4.39 Å². The number of nitrogens with one attached hydrogen (secondary N) is 2. The third-order valence-corrected chi connectivity index (χ3v) is 8.08. The van der Waals surface area contributed by atoms with E-state index in [1.54, 1.807) is 28.6 Å². The average Bonchev–Trinajstić information content (AvgIpc) is 3.33. The first kappa shape index (κ1) is 24.9. The van der Waals surface area contributed by atoms with Gasteiger partial charge in [-0.05, 0) is 49.7 Å². The van der Waals surface area contributed by atoms with E-state index in [1.807, 2.05) is 0 Å². The molecule has 2 aliphatic rings. The van der Waals surface area contributed by atoms with E-state index in [0.29, 0.717) is 34.6 Å². The van der Waals surface area contributed by atoms with Crippen molar-refractivity contribution in [2.75, 3.05) is 32.8 Å². The third-order valence-electron chi connectivity index (χ3n) is 5.96. The molecule has 7 nitrogen and oxygen atoms in total. The maximum atomic E-state index is 14.0. The van der Waals surface area contributed by atoms with Crippen LogP contribution in [0.25, 0.3) is 0 Å². The van der Waals surface area contributed by atoms with Crippen LogP contribution in [-0.2, 0) is 15.8 Å². The minimum Gasteiger partial charge on any atom is -0.493 e. The Hall–Kier alpha value is -2.22. The summed E-state index contributed by atoms with van der Waals surface area (Å²) in [6, 6.07) is 10.4. The predicted octanol–water partition coefficient (Wildman–Crippen LogP) is 3.28. The van der Waals surface area contributed by atoms with Crippen LogP contribution < -0.4 is 15.4 Å². The van der Waals surface area contributed by atoms with E-state index in [4.69, 9.17) is 33.2 Å². The Kier molecular flexibility index (Phi) is 7.75. The van der Waals surface area contributed by atoms with Crippen molar-refractivity contribution in [1.82, 2.24) is 14.9 Å². The molecule has 2 unspecified atom stereocenters. The van der Waals surface area contributed by atoms with Crippen molar-refractivity contribution in [3.63, 3.8) is 0 Å². The molecular formula is C23H23Cl2FN4O3S. The van der Waals surface area contributed by atoms with Crippen molar-refractivity contribution in [1.29, 1.82) is 5.26 Å². The van der Waals surface area contributed by atoms with Crippen LogP contribution in [0.2, 0.25) is 10.0 Å². The van der Waals surface area contributed by atoms with Crippen molar-refractivity contribution >= 4 is 40.1 Å². The van der Waals surface area contributed by atoms with E-state index in [9.17, 15) is 13.4 Å². The van der Waals surface area contributed by atoms with Gasteiger partial charge >= 0.3 is 0 Å². The molecule has 1 amide bonds. The van der Waals surface area contributed by atoms with E-state index < -0.39 is 22.2 Å². The quantitative estimate of drug-likeness (QED) is 0.552. The molecule has 0 spiro atoms. The SMILES string of the molecule is N#Cc1ccc(OCC2(CNC(=O)C3CCCN3)CN(S(=O)c3ccc(Cl)cc3Cl)C2)cc1F. The summed E-state index contributed by atoms with van der Waals surface area (Å²) < 4.78 is 34.6. The number of rotatable bonds is 8. The average molecular weight is 525 g/mol. The smallest absolute Gasteiger partial charge is 0.237 e. The molecule has 0 aliphatic carbocycles. The second-order valence-electron chi connectivity index (χ2n) is 8.53. The Labute approximate surface area is 209 Å².